The first kappa shape index (κ1) is 18.8. The third-order valence-corrected chi connectivity index (χ3v) is 5.94. The molecule has 1 fully saturated rings. The van der Waals surface area contributed by atoms with E-state index in [0.717, 1.165) is 37.6 Å². The first-order chi connectivity index (χ1) is 13.6. The van der Waals surface area contributed by atoms with Crippen molar-refractivity contribution in [1.82, 2.24) is 19.7 Å². The van der Waals surface area contributed by atoms with E-state index in [0.29, 0.717) is 12.2 Å². The van der Waals surface area contributed by atoms with Crippen LogP contribution < -0.4 is 0 Å². The number of hydrogen-bond acceptors (Lipinski definition) is 4. The van der Waals surface area contributed by atoms with Gasteiger partial charge in [0.15, 0.2) is 5.82 Å². The maximum absolute atomic E-state index is 11.6. The molecule has 0 spiro atoms. The zero-order valence-corrected chi connectivity index (χ0v) is 16.6. The maximum Gasteiger partial charge on any atom is 0.170 e. The molecule has 146 valence electrons. The molecule has 1 N–H and O–H groups in total. The number of likely N-dealkylation sites (tertiary alicyclic amines) is 1. The predicted molar refractivity (Wildman–Crippen MR) is 110 cm³/mol. The second kappa shape index (κ2) is 7.86. The van der Waals surface area contributed by atoms with Crippen LogP contribution in [0.3, 0.4) is 0 Å². The Hall–Kier alpha value is -2.50. The highest BCUT2D eigenvalue weighted by Crippen LogP contribution is 2.37. The van der Waals surface area contributed by atoms with Crippen LogP contribution >= 0.6 is 0 Å². The molecular weight excluding hydrogens is 348 g/mol. The van der Waals surface area contributed by atoms with Crippen LogP contribution in [0.1, 0.15) is 30.6 Å². The summed E-state index contributed by atoms with van der Waals surface area (Å²) in [6.07, 6.45) is 1.69. The zero-order chi connectivity index (χ0) is 19.6. The topological polar surface area (TPSA) is 54.2 Å². The van der Waals surface area contributed by atoms with E-state index in [1.165, 1.54) is 5.56 Å². The first-order valence-corrected chi connectivity index (χ1v) is 10.0. The van der Waals surface area contributed by atoms with Gasteiger partial charge >= 0.3 is 0 Å². The van der Waals surface area contributed by atoms with Crippen molar-refractivity contribution in [2.45, 2.75) is 32.3 Å². The smallest absolute Gasteiger partial charge is 0.170 e. The quantitative estimate of drug-likeness (QED) is 0.742. The number of aliphatic hydroxyl groups is 1. The van der Waals surface area contributed by atoms with Gasteiger partial charge in [-0.3, -0.25) is 4.57 Å². The number of para-hydroxylation sites is 1. The van der Waals surface area contributed by atoms with Gasteiger partial charge in [-0.15, -0.1) is 10.2 Å². The summed E-state index contributed by atoms with van der Waals surface area (Å²) in [4.78, 5) is 2.45. The molecular formula is C23H28N4O. The fourth-order valence-corrected chi connectivity index (χ4v) is 4.20. The summed E-state index contributed by atoms with van der Waals surface area (Å²) in [5.74, 6) is 1.53. The van der Waals surface area contributed by atoms with E-state index < -0.39 is 5.60 Å². The Morgan fingerprint density at radius 1 is 1.04 bits per heavy atom. The van der Waals surface area contributed by atoms with E-state index >= 15 is 0 Å². The van der Waals surface area contributed by atoms with Crippen LogP contribution in [0, 0.1) is 12.8 Å². The molecule has 1 aliphatic rings. The Morgan fingerprint density at radius 2 is 1.71 bits per heavy atom. The van der Waals surface area contributed by atoms with Crippen LogP contribution in [0.4, 0.5) is 0 Å². The van der Waals surface area contributed by atoms with E-state index in [9.17, 15) is 5.11 Å². The van der Waals surface area contributed by atoms with Crippen molar-refractivity contribution >= 4 is 0 Å². The van der Waals surface area contributed by atoms with Crippen molar-refractivity contribution in [3.8, 4) is 5.69 Å². The van der Waals surface area contributed by atoms with E-state index in [1.54, 1.807) is 0 Å². The second-order valence-corrected chi connectivity index (χ2v) is 7.85. The Kier molecular flexibility index (Phi) is 5.29. The SMILES string of the molecule is Cc1nnc(C2(O)CCN(CCc3ccccc3)CC2C)n1-c1ccccc1. The monoisotopic (exact) mass is 376 g/mol. The van der Waals surface area contributed by atoms with Gasteiger partial charge in [0.25, 0.3) is 0 Å². The molecule has 2 heterocycles. The minimum atomic E-state index is -0.972. The molecule has 0 aliphatic carbocycles. The van der Waals surface area contributed by atoms with E-state index in [4.69, 9.17) is 0 Å². The third kappa shape index (κ3) is 3.60. The number of aromatic nitrogens is 3. The van der Waals surface area contributed by atoms with Crippen molar-refractivity contribution in [3.05, 3.63) is 77.9 Å². The molecule has 0 amide bonds. The molecule has 3 aromatic rings. The number of benzene rings is 2. The summed E-state index contributed by atoms with van der Waals surface area (Å²) in [6, 6.07) is 20.6. The molecule has 5 heteroatoms. The minimum absolute atomic E-state index is 0.0723. The van der Waals surface area contributed by atoms with Crippen LogP contribution in [0.15, 0.2) is 60.7 Å². The molecule has 4 rings (SSSR count). The first-order valence-electron chi connectivity index (χ1n) is 10.0. The summed E-state index contributed by atoms with van der Waals surface area (Å²) < 4.78 is 2.00. The highest BCUT2D eigenvalue weighted by molar-refractivity contribution is 5.35. The maximum atomic E-state index is 11.6. The normalized spacial score (nSPS) is 23.0. The van der Waals surface area contributed by atoms with E-state index in [-0.39, 0.29) is 5.92 Å². The largest absolute Gasteiger partial charge is 0.381 e. The average molecular weight is 377 g/mol. The number of piperidine rings is 1. The van der Waals surface area contributed by atoms with Gasteiger partial charge in [0, 0.05) is 31.2 Å². The number of hydrogen-bond donors (Lipinski definition) is 1. The molecule has 0 bridgehead atoms. The highest BCUT2D eigenvalue weighted by Gasteiger charge is 2.44. The van der Waals surface area contributed by atoms with Crippen molar-refractivity contribution < 1.29 is 5.11 Å². The molecule has 5 nitrogen and oxygen atoms in total. The molecule has 2 atom stereocenters. The van der Waals surface area contributed by atoms with Gasteiger partial charge in [-0.1, -0.05) is 55.5 Å². The van der Waals surface area contributed by atoms with Crippen LogP contribution in [0.2, 0.25) is 0 Å². The van der Waals surface area contributed by atoms with Crippen molar-refractivity contribution in [3.63, 3.8) is 0 Å². The summed E-state index contributed by atoms with van der Waals surface area (Å²) in [6.45, 7) is 6.77. The number of aryl methyl sites for hydroxylation is 1. The molecule has 2 unspecified atom stereocenters. The molecule has 1 saturated heterocycles. The minimum Gasteiger partial charge on any atom is -0.381 e. The summed E-state index contributed by atoms with van der Waals surface area (Å²) >= 11 is 0. The molecule has 1 aromatic heterocycles. The van der Waals surface area contributed by atoms with Crippen LogP contribution in [-0.2, 0) is 12.0 Å². The van der Waals surface area contributed by atoms with Gasteiger partial charge in [-0.05, 0) is 37.5 Å². The standard InChI is InChI=1S/C23H28N4O/c1-18-17-26(15-13-20-9-5-3-6-10-20)16-14-23(18,28)22-25-24-19(2)27(22)21-11-7-4-8-12-21/h3-12,18,28H,13-17H2,1-2H3. The third-order valence-electron chi connectivity index (χ3n) is 5.94. The second-order valence-electron chi connectivity index (χ2n) is 7.85. The Balaban J connectivity index is 1.51. The lowest BCUT2D eigenvalue weighted by atomic mass is 9.81. The summed E-state index contributed by atoms with van der Waals surface area (Å²) in [7, 11) is 0. The molecule has 2 aromatic carbocycles. The highest BCUT2D eigenvalue weighted by atomic mass is 16.3. The zero-order valence-electron chi connectivity index (χ0n) is 16.6. The van der Waals surface area contributed by atoms with Crippen molar-refractivity contribution in [2.24, 2.45) is 5.92 Å². The van der Waals surface area contributed by atoms with Gasteiger partial charge in [0.2, 0.25) is 0 Å². The molecule has 0 radical (unpaired) electrons. The Bertz CT molecular complexity index is 909. The van der Waals surface area contributed by atoms with Crippen LogP contribution in [0.25, 0.3) is 5.69 Å². The van der Waals surface area contributed by atoms with Gasteiger partial charge in [0.05, 0.1) is 0 Å². The molecule has 0 saturated carbocycles. The molecule has 28 heavy (non-hydrogen) atoms. The Labute approximate surface area is 166 Å². The Morgan fingerprint density at radius 3 is 2.39 bits per heavy atom. The number of rotatable bonds is 5. The molecule has 1 aliphatic heterocycles. The van der Waals surface area contributed by atoms with Crippen LogP contribution in [-0.4, -0.2) is 44.4 Å². The fraction of sp³-hybridized carbons (Fsp3) is 0.391. The van der Waals surface area contributed by atoms with Crippen molar-refractivity contribution in [2.75, 3.05) is 19.6 Å². The van der Waals surface area contributed by atoms with Gasteiger partial charge in [-0.2, -0.15) is 0 Å². The van der Waals surface area contributed by atoms with Gasteiger partial charge in [-0.25, -0.2) is 0 Å². The van der Waals surface area contributed by atoms with E-state index in [2.05, 4.69) is 52.4 Å². The fourth-order valence-electron chi connectivity index (χ4n) is 4.20. The lowest BCUT2D eigenvalue weighted by Gasteiger charge is -2.42. The van der Waals surface area contributed by atoms with E-state index in [1.807, 2.05) is 41.8 Å². The average Bonchev–Trinajstić information content (AvgIpc) is 3.12. The lowest BCUT2D eigenvalue weighted by Crippen LogP contribution is -2.50. The summed E-state index contributed by atoms with van der Waals surface area (Å²) in [5.41, 5.74) is 1.38. The lowest BCUT2D eigenvalue weighted by molar-refractivity contribution is -0.0784. The van der Waals surface area contributed by atoms with Crippen LogP contribution in [0.5, 0.6) is 0 Å². The summed E-state index contributed by atoms with van der Waals surface area (Å²) in [5, 5.41) is 20.3. The van der Waals surface area contributed by atoms with Gasteiger partial charge in [0.1, 0.15) is 11.4 Å². The predicted octanol–water partition coefficient (Wildman–Crippen LogP) is 3.35. The number of nitrogens with zero attached hydrogens (tertiary/aromatic N) is 4. The van der Waals surface area contributed by atoms with Crippen molar-refractivity contribution in [1.29, 1.82) is 0 Å². The van der Waals surface area contributed by atoms with Gasteiger partial charge < -0.3 is 10.0 Å².